The van der Waals surface area contributed by atoms with Crippen molar-refractivity contribution in [2.75, 3.05) is 43.6 Å². The lowest BCUT2D eigenvalue weighted by Crippen LogP contribution is -2.46. The summed E-state index contributed by atoms with van der Waals surface area (Å²) in [6.07, 6.45) is 0. The topological polar surface area (TPSA) is 122 Å². The molecule has 2 aromatic rings. The first-order chi connectivity index (χ1) is 15.3. The number of carbonyl (C=O) groups excluding carboxylic acids is 3. The summed E-state index contributed by atoms with van der Waals surface area (Å²) in [7, 11) is -1.87. The van der Waals surface area contributed by atoms with Gasteiger partial charge in [0.1, 0.15) is 12.6 Å². The molecule has 9 nitrogen and oxygen atoms in total. The third-order valence-electron chi connectivity index (χ3n) is 5.12. The number of esters is 1. The molecule has 2 amide bonds. The molecular formula is C22H25N3O6S. The van der Waals surface area contributed by atoms with Crippen molar-refractivity contribution < 1.29 is 27.5 Å². The summed E-state index contributed by atoms with van der Waals surface area (Å²) >= 11 is 0. The van der Waals surface area contributed by atoms with Gasteiger partial charge in [-0.1, -0.05) is 36.4 Å². The Bertz CT molecular complexity index is 1070. The molecule has 1 aliphatic heterocycles. The Morgan fingerprint density at radius 1 is 1.03 bits per heavy atom. The molecule has 32 heavy (non-hydrogen) atoms. The van der Waals surface area contributed by atoms with Gasteiger partial charge in [0.15, 0.2) is 9.84 Å². The number of nitrogens with one attached hydrogen (secondary N) is 2. The molecule has 1 heterocycles. The van der Waals surface area contributed by atoms with E-state index in [1.54, 1.807) is 18.2 Å². The highest BCUT2D eigenvalue weighted by molar-refractivity contribution is 7.91. The highest BCUT2D eigenvalue weighted by atomic mass is 32.2. The molecule has 1 aliphatic rings. The van der Waals surface area contributed by atoms with Crippen molar-refractivity contribution in [3.05, 3.63) is 65.7 Å². The quantitative estimate of drug-likeness (QED) is 0.593. The summed E-state index contributed by atoms with van der Waals surface area (Å²) in [4.78, 5) is 38.6. The normalized spacial score (nSPS) is 16.5. The Morgan fingerprint density at radius 2 is 1.72 bits per heavy atom. The molecule has 170 valence electrons. The highest BCUT2D eigenvalue weighted by Gasteiger charge is 2.32. The molecule has 0 aliphatic carbocycles. The maximum atomic E-state index is 13.2. The van der Waals surface area contributed by atoms with E-state index < -0.39 is 27.8 Å². The van der Waals surface area contributed by atoms with Crippen molar-refractivity contribution in [1.29, 1.82) is 0 Å². The number of methoxy groups -OCH3 is 1. The van der Waals surface area contributed by atoms with Gasteiger partial charge in [-0.2, -0.15) is 0 Å². The lowest BCUT2D eigenvalue weighted by molar-refractivity contribution is -0.139. The van der Waals surface area contributed by atoms with Crippen LogP contribution in [0, 0.1) is 0 Å². The summed E-state index contributed by atoms with van der Waals surface area (Å²) in [5.74, 6) is -1.38. The van der Waals surface area contributed by atoms with E-state index in [1.165, 1.54) is 13.2 Å². The van der Waals surface area contributed by atoms with Crippen molar-refractivity contribution in [3.8, 4) is 0 Å². The van der Waals surface area contributed by atoms with Crippen LogP contribution >= 0.6 is 0 Å². The zero-order valence-corrected chi connectivity index (χ0v) is 18.4. The van der Waals surface area contributed by atoms with E-state index in [1.807, 2.05) is 35.2 Å². The Hall–Kier alpha value is -3.24. The minimum Gasteiger partial charge on any atom is -0.468 e. The van der Waals surface area contributed by atoms with Gasteiger partial charge in [-0.05, 0) is 23.8 Å². The molecule has 2 N–H and O–H groups in total. The molecule has 10 heteroatoms. The number of hydrogen-bond acceptors (Lipinski definition) is 7. The largest absolute Gasteiger partial charge is 0.468 e. The number of amides is 2. The molecule has 0 spiro atoms. The van der Waals surface area contributed by atoms with Crippen LogP contribution in [0.3, 0.4) is 0 Å². The van der Waals surface area contributed by atoms with Gasteiger partial charge in [-0.15, -0.1) is 0 Å². The van der Waals surface area contributed by atoms with Crippen molar-refractivity contribution in [2.45, 2.75) is 6.04 Å². The van der Waals surface area contributed by atoms with Gasteiger partial charge in [-0.25, -0.2) is 8.42 Å². The average Bonchev–Trinajstić information content (AvgIpc) is 2.79. The van der Waals surface area contributed by atoms with Crippen LogP contribution in [0.2, 0.25) is 0 Å². The third kappa shape index (κ3) is 6.14. The summed E-state index contributed by atoms with van der Waals surface area (Å²) in [5.41, 5.74) is 1.43. The minimum absolute atomic E-state index is 0.000531. The number of benzene rings is 2. The van der Waals surface area contributed by atoms with Crippen LogP contribution in [-0.4, -0.2) is 69.4 Å². The molecule has 0 bridgehead atoms. The first kappa shape index (κ1) is 23.4. The maximum absolute atomic E-state index is 13.2. The van der Waals surface area contributed by atoms with E-state index in [2.05, 4.69) is 15.4 Å². The summed E-state index contributed by atoms with van der Waals surface area (Å²) in [6.45, 7) is 0.246. The van der Waals surface area contributed by atoms with Gasteiger partial charge < -0.3 is 15.4 Å². The molecule has 1 atom stereocenters. The van der Waals surface area contributed by atoms with Gasteiger partial charge in [0.2, 0.25) is 5.91 Å². The lowest BCUT2D eigenvalue weighted by Gasteiger charge is -2.33. The monoisotopic (exact) mass is 459 g/mol. The van der Waals surface area contributed by atoms with Crippen LogP contribution in [-0.2, 0) is 24.2 Å². The fourth-order valence-corrected chi connectivity index (χ4v) is 4.65. The summed E-state index contributed by atoms with van der Waals surface area (Å²) in [6, 6.07) is 14.8. The van der Waals surface area contributed by atoms with Gasteiger partial charge in [0, 0.05) is 24.3 Å². The van der Waals surface area contributed by atoms with Crippen LogP contribution < -0.4 is 10.6 Å². The number of rotatable bonds is 7. The fourth-order valence-electron chi connectivity index (χ4n) is 3.42. The maximum Gasteiger partial charge on any atom is 0.325 e. The van der Waals surface area contributed by atoms with Gasteiger partial charge in [-0.3, -0.25) is 19.3 Å². The second-order valence-electron chi connectivity index (χ2n) is 7.33. The van der Waals surface area contributed by atoms with Crippen LogP contribution in [0.25, 0.3) is 0 Å². The van der Waals surface area contributed by atoms with Gasteiger partial charge in [0.05, 0.1) is 18.6 Å². The van der Waals surface area contributed by atoms with E-state index in [9.17, 15) is 22.8 Å². The fraction of sp³-hybridized carbons (Fsp3) is 0.318. The Balaban J connectivity index is 1.76. The van der Waals surface area contributed by atoms with Crippen molar-refractivity contribution in [1.82, 2.24) is 10.2 Å². The first-order valence-electron chi connectivity index (χ1n) is 10.0. The predicted octanol–water partition coefficient (Wildman–Crippen LogP) is 1.000. The van der Waals surface area contributed by atoms with Crippen molar-refractivity contribution in [3.63, 3.8) is 0 Å². The van der Waals surface area contributed by atoms with Crippen LogP contribution in [0.4, 0.5) is 5.69 Å². The van der Waals surface area contributed by atoms with Crippen LogP contribution in [0.15, 0.2) is 54.6 Å². The summed E-state index contributed by atoms with van der Waals surface area (Å²) in [5, 5.41) is 5.28. The number of carbonyl (C=O) groups is 3. The number of sulfone groups is 1. The van der Waals surface area contributed by atoms with Gasteiger partial charge in [0.25, 0.3) is 5.91 Å². The zero-order chi connectivity index (χ0) is 23.1. The number of hydrogen-bond donors (Lipinski definition) is 2. The second kappa shape index (κ2) is 10.4. The van der Waals surface area contributed by atoms with Crippen LogP contribution in [0.1, 0.15) is 22.0 Å². The lowest BCUT2D eigenvalue weighted by atomic mass is 10.0. The predicted molar refractivity (Wildman–Crippen MR) is 119 cm³/mol. The Morgan fingerprint density at radius 3 is 2.38 bits per heavy atom. The molecule has 1 unspecified atom stereocenters. The SMILES string of the molecule is COC(=O)CNC(=O)c1cccc(NC(=O)C(c2ccccc2)N2CCS(=O)(=O)CC2)c1. The molecule has 0 radical (unpaired) electrons. The first-order valence-corrected chi connectivity index (χ1v) is 11.9. The molecule has 2 aromatic carbocycles. The summed E-state index contributed by atoms with van der Waals surface area (Å²) < 4.78 is 28.2. The molecule has 1 saturated heterocycles. The van der Waals surface area contributed by atoms with E-state index in [-0.39, 0.29) is 42.6 Å². The number of ether oxygens (including phenoxy) is 1. The minimum atomic E-state index is -3.10. The number of anilines is 1. The van der Waals surface area contributed by atoms with E-state index in [0.29, 0.717) is 5.69 Å². The smallest absolute Gasteiger partial charge is 0.325 e. The second-order valence-corrected chi connectivity index (χ2v) is 9.63. The van der Waals surface area contributed by atoms with Gasteiger partial charge >= 0.3 is 5.97 Å². The molecule has 0 aromatic heterocycles. The average molecular weight is 460 g/mol. The molecule has 0 saturated carbocycles. The zero-order valence-electron chi connectivity index (χ0n) is 17.6. The van der Waals surface area contributed by atoms with Crippen molar-refractivity contribution in [2.24, 2.45) is 0 Å². The Kier molecular flexibility index (Phi) is 7.60. The van der Waals surface area contributed by atoms with E-state index >= 15 is 0 Å². The van der Waals surface area contributed by atoms with Crippen LogP contribution in [0.5, 0.6) is 0 Å². The molecule has 3 rings (SSSR count). The molecular weight excluding hydrogens is 434 g/mol. The van der Waals surface area contributed by atoms with E-state index in [4.69, 9.17) is 0 Å². The van der Waals surface area contributed by atoms with Crippen molar-refractivity contribution >= 4 is 33.3 Å². The third-order valence-corrected chi connectivity index (χ3v) is 6.73. The number of nitrogens with zero attached hydrogens (tertiary/aromatic N) is 1. The highest BCUT2D eigenvalue weighted by Crippen LogP contribution is 2.25. The Labute approximate surface area is 186 Å². The molecule has 1 fully saturated rings. The standard InChI is InChI=1S/C22H25N3O6S/c1-31-19(26)15-23-21(27)17-8-5-9-18(14-17)24-22(28)20(16-6-3-2-4-7-16)25-10-12-32(29,30)13-11-25/h2-9,14,20H,10-13,15H2,1H3,(H,23,27)(H,24,28). The van der Waals surface area contributed by atoms with E-state index in [0.717, 1.165) is 5.56 Å².